The van der Waals surface area contributed by atoms with Gasteiger partial charge in [-0.05, 0) is 13.0 Å². The van der Waals surface area contributed by atoms with Crippen LogP contribution < -0.4 is 62.2 Å². The van der Waals surface area contributed by atoms with E-state index in [1.165, 1.54) is 99.7 Å². The zero-order valence-electron chi connectivity index (χ0n) is 74.2. The average molecular weight is 2560 g/mol. The number of rotatable bonds is 24. The molecule has 30 atom stereocenters. The molecule has 754 valence electrons. The number of anilines is 3. The number of alkyl halides is 6. The van der Waals surface area contributed by atoms with Crippen LogP contribution in [-0.2, 0) is 308 Å². The van der Waals surface area contributed by atoms with Crippen LogP contribution in [0.5, 0.6) is 0 Å². The fraction of sp³-hybridized carbons (Fsp3) is 0.623. The van der Waals surface area contributed by atoms with Crippen LogP contribution in [-0.4, -0.2) is 309 Å². The van der Waals surface area contributed by atoms with E-state index in [9.17, 15) is 97.2 Å². The van der Waals surface area contributed by atoms with E-state index in [0.29, 0.717) is 11.8 Å². The number of nitrogens with one attached hydrogen (secondary N) is 4. The molecule has 12 saturated heterocycles. The Hall–Kier alpha value is -2.03. The smallest absolute Gasteiger partial charge is 0.351 e. The van der Waals surface area contributed by atoms with Crippen LogP contribution in [0.25, 0.3) is 22.3 Å². The van der Waals surface area contributed by atoms with Crippen LogP contribution in [0.3, 0.4) is 0 Å². The topological polar surface area (TPSA) is 673 Å². The number of halogens is 7. The molecule has 0 saturated carbocycles. The van der Waals surface area contributed by atoms with E-state index < -0.39 is 243 Å². The van der Waals surface area contributed by atoms with Gasteiger partial charge in [0.15, 0.2) is 173 Å². The van der Waals surface area contributed by atoms with Crippen LogP contribution in [0.2, 0.25) is 0 Å². The van der Waals surface area contributed by atoms with Gasteiger partial charge in [-0.25, -0.2) is 65.5 Å². The largest absolute Gasteiger partial charge is 0.384 e. The van der Waals surface area contributed by atoms with Crippen molar-refractivity contribution in [3.63, 3.8) is 0 Å². The summed E-state index contributed by atoms with van der Waals surface area (Å²) in [5, 5.41) is 10.4. The van der Waals surface area contributed by atoms with Gasteiger partial charge in [0.2, 0.25) is 11.8 Å². The van der Waals surface area contributed by atoms with E-state index in [1.54, 1.807) is 4.98 Å². The Morgan fingerprint density at radius 1 is 0.436 bits per heavy atom. The zero-order valence-corrected chi connectivity index (χ0v) is 97.2. The molecule has 12 aliphatic heterocycles. The quantitative estimate of drug-likeness (QED) is 0.0267. The summed E-state index contributed by atoms with van der Waals surface area (Å²) in [4.78, 5) is 124. The van der Waals surface area contributed by atoms with Crippen molar-refractivity contribution in [2.75, 3.05) is 136 Å². The van der Waals surface area contributed by atoms with E-state index in [0.717, 1.165) is 24.3 Å². The molecule has 8 aromatic rings. The maximum Gasteiger partial charge on any atom is 0.351 e. The van der Waals surface area contributed by atoms with Gasteiger partial charge in [0.1, 0.15) is 53.8 Å². The van der Waals surface area contributed by atoms with E-state index in [2.05, 4.69) is 44.9 Å². The Balaban J connectivity index is 0.000000186. The summed E-state index contributed by atoms with van der Waals surface area (Å²) in [5.74, 6) is -3.60. The number of aliphatic hydroxyl groups is 1. The number of imidazole rings is 2. The maximum absolute atomic E-state index is 15.3. The Bertz CT molecular complexity index is 6380. The second-order valence-electron chi connectivity index (χ2n) is 32.4. The molecule has 0 aliphatic carbocycles. The van der Waals surface area contributed by atoms with Crippen molar-refractivity contribution in [3.8, 4) is 0 Å². The monoisotopic (exact) mass is 2560 g/mol. The van der Waals surface area contributed by atoms with Crippen molar-refractivity contribution in [3.05, 3.63) is 151 Å². The molecule has 0 amide bonds. The average Bonchev–Trinajstić information content (AvgIpc) is 1.53. The van der Waals surface area contributed by atoms with Crippen LogP contribution in [0.15, 0.2) is 94.3 Å². The number of nitrogens with zero attached hydrogens (tertiary/aromatic N) is 12. The van der Waals surface area contributed by atoms with Crippen LogP contribution in [0.1, 0.15) is 42.9 Å². The summed E-state index contributed by atoms with van der Waals surface area (Å²) in [5.41, 5.74) is 3.61. The molecule has 0 aromatic carbocycles. The van der Waals surface area contributed by atoms with Gasteiger partial charge >= 0.3 is 22.8 Å². The number of aromatic amines is 4. The van der Waals surface area contributed by atoms with Gasteiger partial charge in [0.05, 0.1) is 98.1 Å². The number of hydrogen-bond donors (Lipinski definition) is 8. The number of nitrogens with two attached hydrogens (primary N) is 3. The SMILES string of the molecule is C[PH](=O)OC[C@@]12CO[C@@H]([C@H](n3cc(F)c(=O)[nH]c3=O)O1)[C@@H]2F.C[PH](=O)OC[C@@]12CO[C@@H]([C@H](n3ccc(=O)[nH]c3=O)O1)[C@@H]2F.C[PH](=O)OC[C@@]12CO[C@@H]([C@H](n3ccc(N)nc3=O)O1)[C@@H]2F.C[PH](=O)OC[C@@]12CO[C@@H]([C@H](n3cnc4c(=O)[nH]c(N)nc43)O1)[C@@H]2F.C[PH](=O)OC[C@]12CO[C@](F)([C@@H]1O)[C@H](n1cnc3c(N)ncnc31)O2.Cc1cn([C@@H]2O[C@@]3(CO[PH](C)=O)CO[C@@H]2[C@@H]3F)c(=O)[nH]c1=O.[Y].[Y].[Y].[Y].[Y].[Y]. The van der Waals surface area contributed by atoms with E-state index in [-0.39, 0.29) is 315 Å². The molecular formula is C69H88F7N19O33P6Y6. The van der Waals surface area contributed by atoms with Gasteiger partial charge in [0.25, 0.3) is 28.1 Å². The van der Waals surface area contributed by atoms with Gasteiger partial charge in [-0.3, -0.25) is 93.9 Å². The Morgan fingerprint density at radius 3 is 1.23 bits per heavy atom. The number of aromatic nitrogens is 16. The summed E-state index contributed by atoms with van der Waals surface area (Å²) in [7, 11) is -13.5. The van der Waals surface area contributed by atoms with Crippen molar-refractivity contribution in [2.45, 2.75) is 151 Å². The minimum atomic E-state index is -2.51. The van der Waals surface area contributed by atoms with Gasteiger partial charge in [-0.1, -0.05) is 0 Å². The Morgan fingerprint density at radius 2 is 0.807 bits per heavy atom. The Labute approximate surface area is 936 Å². The number of aryl methyl sites for hydroxylation is 1. The summed E-state index contributed by atoms with van der Waals surface area (Å²) in [6.07, 6.45) is -12.2. The molecule has 6 unspecified atom stereocenters. The summed E-state index contributed by atoms with van der Waals surface area (Å²) in [6, 6.07) is 2.55. The molecular weight excluding hydrogens is 2480 g/mol. The first-order chi connectivity index (χ1) is 63.3. The van der Waals surface area contributed by atoms with Crippen LogP contribution in [0.4, 0.5) is 48.3 Å². The van der Waals surface area contributed by atoms with Crippen molar-refractivity contribution >= 4 is 88.1 Å². The molecule has 6 radical (unpaired) electrons. The fourth-order valence-corrected chi connectivity index (χ4v) is 19.2. The molecule has 20 rings (SSSR count). The van der Waals surface area contributed by atoms with Crippen molar-refractivity contribution in [1.82, 2.24) is 77.2 Å². The van der Waals surface area contributed by atoms with Crippen molar-refractivity contribution in [2.24, 2.45) is 0 Å². The first kappa shape index (κ1) is 121. The van der Waals surface area contributed by atoms with Gasteiger partial charge in [-0.15, -0.1) is 0 Å². The van der Waals surface area contributed by atoms with Gasteiger partial charge in [-0.2, -0.15) is 14.4 Å². The molecule has 71 heteroatoms. The third kappa shape index (κ3) is 24.3. The molecule has 12 aliphatic rings. The van der Waals surface area contributed by atoms with E-state index in [1.807, 2.05) is 0 Å². The third-order valence-corrected chi connectivity index (χ3v) is 26.5. The van der Waals surface area contributed by atoms with Gasteiger partial charge in [0, 0.05) is 266 Å². The first-order valence-electron chi connectivity index (χ1n) is 40.1. The first-order valence-corrected chi connectivity index (χ1v) is 51.0. The molecule has 52 nitrogen and oxygen atoms in total. The number of ether oxygens (including phenoxy) is 12. The zero-order chi connectivity index (χ0) is 96.7. The predicted molar refractivity (Wildman–Crippen MR) is 445 cm³/mol. The molecule has 20 heterocycles. The molecule has 12 bridgehead atoms. The minimum absolute atomic E-state index is 0. The summed E-state index contributed by atoms with van der Waals surface area (Å²) >= 11 is 0. The molecule has 0 spiro atoms. The number of fused-ring (bicyclic) bond motifs is 14. The van der Waals surface area contributed by atoms with E-state index >= 15 is 4.39 Å². The normalized spacial score (nSPS) is 33.8. The van der Waals surface area contributed by atoms with Crippen LogP contribution in [0, 0.1) is 12.7 Å². The van der Waals surface area contributed by atoms with Crippen LogP contribution >= 0.6 is 48.2 Å². The number of aliphatic hydroxyl groups excluding tert-OH is 1. The molecule has 140 heavy (non-hydrogen) atoms. The number of hydrogen-bond acceptors (Lipinski definition) is 42. The van der Waals surface area contributed by atoms with Crippen molar-refractivity contribution < 1.29 is 343 Å². The minimum Gasteiger partial charge on any atom is -0.384 e. The Kier molecular flexibility index (Phi) is 42.7. The van der Waals surface area contributed by atoms with E-state index in [4.69, 9.17) is 101 Å². The fourth-order valence-electron chi connectivity index (χ4n) is 16.5. The van der Waals surface area contributed by atoms with Crippen molar-refractivity contribution in [1.29, 1.82) is 0 Å². The second-order valence-corrected chi connectivity index (χ2v) is 40.0. The standard InChI is InChI=1S/2C12H15FN5O5P.C12H16FN2O6P.C11H13F2N2O6P.C11H15FN3O5P.C11H14FN2O6P.6Y/c1-24(20)22-3-11-2-21-12(13,9(11)19)10(23-11)18-5-17-6-7(14)15-4-16-8(6)18;1-24(20)22-3-12-2-21-6(7(12)13)10(23-12)18-4-15-5-8(18)16-11(14)17-9(5)19;1-6-3-15(11(17)14-9(6)16)10-7-8(13)12(21-10,4-19-7)5-20-22(2)18;1-22(18)20-4-11-3-19-6(7(11)13)9(21-11)15-2-5(12)8(16)14-10(15)17;1-21(17)19-5-11-4-18-7(8(11)12)9(20-11)15-3-2-6(13)14-10(15)16;1-21(17)19-5-11-4-18-7(8(11)12)9(20-11)14-3-2-6(15)13-10(14)16;;;;;;/h4-5,9-10,19,24H,2-3H2,1H3,(H2,14,15,16);4,6-7,10,24H,2-3H2,1H3,(H3,14,16,17,19);3,7-8,10,22H,4-5H2,1-2H3,(H,14,16,17);2,6-7,9,22H,3-4H2,1H3,(H,14,16,17);2-3,7-9,21H,4-5H2,1H3,(H2,13,14,16);2-3,7-9,21H,4-5H2,1H3,(H,13,15,16);;;;;;/t9-,10-,11-,12-;6-,7+,10-,12-;7-,8+,10-,12-;6-,7+,9-,11-;2*7-,8+,9-,11-;;;;;;/m111111....../s1. The second kappa shape index (κ2) is 49.2. The summed E-state index contributed by atoms with van der Waals surface area (Å²) in [6.45, 7) is 8.04. The maximum atomic E-state index is 15.3. The number of H-pyrrole nitrogens is 4. The predicted octanol–water partition coefficient (Wildman–Crippen LogP) is -0.948. The number of nitrogen functional groups attached to an aromatic ring is 3. The molecule has 8 aromatic heterocycles. The molecule has 11 N–H and O–H groups in total. The third-order valence-electron chi connectivity index (χ3n) is 23.2. The summed E-state index contributed by atoms with van der Waals surface area (Å²) < 4.78 is 271. The molecule has 12 fully saturated rings. The van der Waals surface area contributed by atoms with Gasteiger partial charge < -0.3 is 106 Å².